The van der Waals surface area contributed by atoms with Crippen LogP contribution in [0.25, 0.3) is 99.7 Å². The van der Waals surface area contributed by atoms with Crippen molar-refractivity contribution < 1.29 is 0 Å². The number of para-hydroxylation sites is 1. The van der Waals surface area contributed by atoms with Crippen molar-refractivity contribution in [3.8, 4) is 77.9 Å². The summed E-state index contributed by atoms with van der Waals surface area (Å²) in [4.78, 5) is 9.48. The van der Waals surface area contributed by atoms with Gasteiger partial charge in [-0.05, 0) is 130 Å². The molecule has 2 heteroatoms. The second-order valence-electron chi connectivity index (χ2n) is 15.6. The predicted molar refractivity (Wildman–Crippen MR) is 234 cm³/mol. The van der Waals surface area contributed by atoms with Gasteiger partial charge >= 0.3 is 0 Å². The van der Waals surface area contributed by atoms with Crippen LogP contribution in [0, 0.1) is 0 Å². The molecular weight excluding hydrogens is 689 g/mol. The number of benzene rings is 9. The van der Waals surface area contributed by atoms with Gasteiger partial charge < -0.3 is 0 Å². The Morgan fingerprint density at radius 2 is 0.965 bits per heavy atom. The molecule has 262 valence electrons. The number of nitrogens with zero attached hydrogens (tertiary/aromatic N) is 2. The standard InChI is InChI=1S/C55H32N2/c1-2-12-33(13-3-1)35-26-27-42-47(31-35)55(45-23-6-4-18-39(45)40-19-5-7-24-46(40)55)48-32-44-41-21-9-14-34-15-10-22-43(50(34)41)52(44)51(53(42)48)37-17-8-16-36(30-37)38-20-11-25-49-54(38)57-29-28-56-49/h1-32H. The zero-order valence-electron chi connectivity index (χ0n) is 30.9. The lowest BCUT2D eigenvalue weighted by Crippen LogP contribution is -2.26. The van der Waals surface area contributed by atoms with Crippen LogP contribution < -0.4 is 0 Å². The van der Waals surface area contributed by atoms with Gasteiger partial charge in [-0.3, -0.25) is 9.97 Å². The molecule has 3 aliphatic rings. The highest BCUT2D eigenvalue weighted by Gasteiger charge is 2.53. The van der Waals surface area contributed by atoms with Gasteiger partial charge in [-0.1, -0.05) is 158 Å². The second kappa shape index (κ2) is 11.3. The van der Waals surface area contributed by atoms with Gasteiger partial charge in [-0.2, -0.15) is 0 Å². The third-order valence-electron chi connectivity index (χ3n) is 12.9. The Morgan fingerprint density at radius 1 is 0.316 bits per heavy atom. The van der Waals surface area contributed by atoms with Crippen LogP contribution in [0.2, 0.25) is 0 Å². The summed E-state index contributed by atoms with van der Waals surface area (Å²) < 4.78 is 0. The summed E-state index contributed by atoms with van der Waals surface area (Å²) in [6, 6.07) is 68.0. The van der Waals surface area contributed by atoms with E-state index in [0.29, 0.717) is 0 Å². The first-order chi connectivity index (χ1) is 28.3. The molecule has 2 nitrogen and oxygen atoms in total. The van der Waals surface area contributed by atoms with E-state index in [9.17, 15) is 0 Å². The number of fused-ring (bicyclic) bond motifs is 14. The number of rotatable bonds is 3. The van der Waals surface area contributed by atoms with E-state index in [-0.39, 0.29) is 0 Å². The minimum absolute atomic E-state index is 0.516. The van der Waals surface area contributed by atoms with Crippen LogP contribution in [0.3, 0.4) is 0 Å². The Morgan fingerprint density at radius 3 is 1.79 bits per heavy atom. The molecular formula is C55H32N2. The average Bonchev–Trinajstić information content (AvgIpc) is 3.88. The van der Waals surface area contributed by atoms with E-state index in [1.165, 1.54) is 99.8 Å². The molecule has 0 unspecified atom stereocenters. The van der Waals surface area contributed by atoms with E-state index in [0.717, 1.165) is 22.2 Å². The summed E-state index contributed by atoms with van der Waals surface area (Å²) in [6.07, 6.45) is 3.56. The van der Waals surface area contributed by atoms with Gasteiger partial charge in [0.2, 0.25) is 0 Å². The van der Waals surface area contributed by atoms with Crippen LogP contribution in [0.4, 0.5) is 0 Å². The van der Waals surface area contributed by atoms with Gasteiger partial charge in [0.25, 0.3) is 0 Å². The third kappa shape index (κ3) is 3.99. The predicted octanol–water partition coefficient (Wildman–Crippen LogP) is 13.8. The minimum Gasteiger partial charge on any atom is -0.253 e. The number of aromatic nitrogens is 2. The van der Waals surface area contributed by atoms with Gasteiger partial charge in [0.05, 0.1) is 16.4 Å². The Hall–Kier alpha value is -7.42. The zero-order chi connectivity index (χ0) is 37.2. The lowest BCUT2D eigenvalue weighted by Gasteiger charge is -2.31. The zero-order valence-corrected chi connectivity index (χ0v) is 30.9. The molecule has 9 aromatic carbocycles. The molecule has 1 spiro atoms. The van der Waals surface area contributed by atoms with E-state index >= 15 is 0 Å². The first-order valence-corrected chi connectivity index (χ1v) is 19.7. The molecule has 0 N–H and O–H groups in total. The molecule has 0 atom stereocenters. The van der Waals surface area contributed by atoms with Crippen molar-refractivity contribution in [1.29, 1.82) is 0 Å². The summed E-state index contributed by atoms with van der Waals surface area (Å²) in [7, 11) is 0. The van der Waals surface area contributed by atoms with Crippen molar-refractivity contribution in [2.75, 3.05) is 0 Å². The normalized spacial score (nSPS) is 13.4. The number of hydrogen-bond acceptors (Lipinski definition) is 2. The topological polar surface area (TPSA) is 25.8 Å². The highest BCUT2D eigenvalue weighted by Crippen LogP contribution is 2.67. The van der Waals surface area contributed by atoms with Crippen LogP contribution in [0.5, 0.6) is 0 Å². The van der Waals surface area contributed by atoms with Crippen molar-refractivity contribution in [2.45, 2.75) is 5.41 Å². The fraction of sp³-hybridized carbons (Fsp3) is 0.0182. The summed E-state index contributed by atoms with van der Waals surface area (Å²) in [5.41, 5.74) is 24.2. The molecule has 57 heavy (non-hydrogen) atoms. The Bertz CT molecular complexity index is 3300. The summed E-state index contributed by atoms with van der Waals surface area (Å²) in [6.45, 7) is 0. The largest absolute Gasteiger partial charge is 0.253 e. The van der Waals surface area contributed by atoms with Crippen molar-refractivity contribution >= 4 is 21.8 Å². The van der Waals surface area contributed by atoms with Crippen molar-refractivity contribution in [3.63, 3.8) is 0 Å². The van der Waals surface area contributed by atoms with Crippen molar-refractivity contribution in [2.24, 2.45) is 0 Å². The third-order valence-corrected chi connectivity index (χ3v) is 12.9. The Balaban J connectivity index is 1.21. The highest BCUT2D eigenvalue weighted by atomic mass is 14.8. The van der Waals surface area contributed by atoms with Crippen molar-refractivity contribution in [3.05, 3.63) is 217 Å². The maximum absolute atomic E-state index is 4.82. The van der Waals surface area contributed by atoms with Gasteiger partial charge in [-0.15, -0.1) is 0 Å². The molecule has 0 aliphatic heterocycles. The summed E-state index contributed by atoms with van der Waals surface area (Å²) in [5.74, 6) is 0. The second-order valence-corrected chi connectivity index (χ2v) is 15.6. The monoisotopic (exact) mass is 720 g/mol. The first kappa shape index (κ1) is 30.9. The lowest BCUT2D eigenvalue weighted by molar-refractivity contribution is 0.794. The Kier molecular flexibility index (Phi) is 6.13. The van der Waals surface area contributed by atoms with Crippen LogP contribution in [-0.4, -0.2) is 9.97 Å². The molecule has 1 heterocycles. The lowest BCUT2D eigenvalue weighted by atomic mass is 9.69. The molecule has 1 aromatic heterocycles. The van der Waals surface area contributed by atoms with Gasteiger partial charge in [-0.25, -0.2) is 0 Å². The molecule has 13 rings (SSSR count). The molecule has 10 aromatic rings. The van der Waals surface area contributed by atoms with Gasteiger partial charge in [0.1, 0.15) is 0 Å². The maximum Gasteiger partial charge on any atom is 0.0965 e. The van der Waals surface area contributed by atoms with E-state index in [2.05, 4.69) is 181 Å². The quantitative estimate of drug-likeness (QED) is 0.182. The van der Waals surface area contributed by atoms with E-state index in [4.69, 9.17) is 4.98 Å². The summed E-state index contributed by atoms with van der Waals surface area (Å²) >= 11 is 0. The van der Waals surface area contributed by atoms with Gasteiger partial charge in [0.15, 0.2) is 0 Å². The van der Waals surface area contributed by atoms with E-state index in [1.54, 1.807) is 12.4 Å². The van der Waals surface area contributed by atoms with Crippen LogP contribution in [-0.2, 0) is 5.41 Å². The minimum atomic E-state index is -0.516. The number of hydrogen-bond donors (Lipinski definition) is 0. The molecule has 0 saturated carbocycles. The first-order valence-electron chi connectivity index (χ1n) is 19.7. The van der Waals surface area contributed by atoms with Gasteiger partial charge in [0, 0.05) is 18.0 Å². The molecule has 0 fully saturated rings. The average molecular weight is 721 g/mol. The smallest absolute Gasteiger partial charge is 0.0965 e. The van der Waals surface area contributed by atoms with Crippen LogP contribution >= 0.6 is 0 Å². The molecule has 0 bridgehead atoms. The fourth-order valence-electron chi connectivity index (χ4n) is 10.7. The molecule has 0 saturated heterocycles. The molecule has 3 aliphatic carbocycles. The Labute approximate surface area is 330 Å². The molecule has 0 radical (unpaired) electrons. The van der Waals surface area contributed by atoms with E-state index < -0.39 is 5.41 Å². The SMILES string of the molecule is c1ccc(-c2ccc3c(c2)C2(c4ccccc4-c4ccccc42)c2cc4c(c(-c5cccc(-c6cccc7nccnc67)c5)c2-3)-c2cccc3cccc-4c23)cc1. The summed E-state index contributed by atoms with van der Waals surface area (Å²) in [5, 5.41) is 2.61. The highest BCUT2D eigenvalue weighted by molar-refractivity contribution is 6.21. The fourth-order valence-corrected chi connectivity index (χ4v) is 10.7. The van der Waals surface area contributed by atoms with Crippen molar-refractivity contribution in [1.82, 2.24) is 9.97 Å². The molecule has 0 amide bonds. The van der Waals surface area contributed by atoms with Crippen LogP contribution in [0.1, 0.15) is 22.3 Å². The van der Waals surface area contributed by atoms with E-state index in [1.807, 2.05) is 6.07 Å². The van der Waals surface area contributed by atoms with Crippen LogP contribution in [0.15, 0.2) is 194 Å². The maximum atomic E-state index is 4.82.